The van der Waals surface area contributed by atoms with Crippen molar-refractivity contribution in [2.24, 2.45) is 0 Å². The van der Waals surface area contributed by atoms with Gasteiger partial charge in [0.15, 0.2) is 0 Å². The summed E-state index contributed by atoms with van der Waals surface area (Å²) in [5, 5.41) is 0. The molecule has 1 heterocycles. The summed E-state index contributed by atoms with van der Waals surface area (Å²) in [6.45, 7) is 0. The first-order chi connectivity index (χ1) is 5.86. The van der Waals surface area contributed by atoms with Crippen molar-refractivity contribution in [1.29, 1.82) is 0 Å². The molecule has 2 aromatic rings. The number of anilines is 1. The van der Waals surface area contributed by atoms with Crippen molar-refractivity contribution >= 4 is 5.69 Å². The first kappa shape index (κ1) is 6.98. The highest BCUT2D eigenvalue weighted by Gasteiger charge is 1.96. The van der Waals surface area contributed by atoms with Crippen LogP contribution < -0.4 is 5.73 Å². The second kappa shape index (κ2) is 2.74. The lowest BCUT2D eigenvalue weighted by Gasteiger charge is -1.98. The van der Waals surface area contributed by atoms with Gasteiger partial charge in [-0.25, -0.2) is 0 Å². The molecule has 0 spiro atoms. The summed E-state index contributed by atoms with van der Waals surface area (Å²) in [4.78, 5) is 3.13. The highest BCUT2D eigenvalue weighted by Crippen LogP contribution is 2.18. The van der Waals surface area contributed by atoms with Crippen LogP contribution in [-0.4, -0.2) is 4.98 Å². The summed E-state index contributed by atoms with van der Waals surface area (Å²) >= 11 is 0. The van der Waals surface area contributed by atoms with Gasteiger partial charge in [0, 0.05) is 17.6 Å². The third kappa shape index (κ3) is 1.19. The molecule has 0 aliphatic carbocycles. The van der Waals surface area contributed by atoms with Gasteiger partial charge in [0.05, 0.1) is 0 Å². The van der Waals surface area contributed by atoms with Gasteiger partial charge in [-0.1, -0.05) is 12.1 Å². The summed E-state index contributed by atoms with van der Waals surface area (Å²) in [6.07, 6.45) is 1.90. The minimum Gasteiger partial charge on any atom is -0.399 e. The molecule has 0 amide bonds. The average Bonchev–Trinajstić information content (AvgIpc) is 2.56. The molecule has 0 radical (unpaired) electrons. The first-order valence-electron chi connectivity index (χ1n) is 3.85. The molecular weight excluding hydrogens is 148 g/mol. The zero-order valence-corrected chi connectivity index (χ0v) is 6.62. The fourth-order valence-corrected chi connectivity index (χ4v) is 1.22. The van der Waals surface area contributed by atoms with E-state index in [1.165, 1.54) is 0 Å². The number of hydrogen-bond donors (Lipinski definition) is 2. The van der Waals surface area contributed by atoms with E-state index in [1.807, 2.05) is 42.6 Å². The number of nitrogens with one attached hydrogen (secondary N) is 1. The van der Waals surface area contributed by atoms with Crippen LogP contribution in [0.4, 0.5) is 5.69 Å². The maximum Gasteiger partial charge on any atom is 0.0454 e. The predicted octanol–water partition coefficient (Wildman–Crippen LogP) is 2.26. The molecule has 0 aliphatic heterocycles. The molecule has 3 N–H and O–H groups in total. The monoisotopic (exact) mass is 158 g/mol. The van der Waals surface area contributed by atoms with Crippen molar-refractivity contribution in [1.82, 2.24) is 4.98 Å². The highest BCUT2D eigenvalue weighted by molar-refractivity contribution is 5.63. The first-order valence-corrected chi connectivity index (χ1v) is 3.85. The van der Waals surface area contributed by atoms with Crippen LogP contribution in [-0.2, 0) is 0 Å². The Morgan fingerprint density at radius 2 is 2.00 bits per heavy atom. The van der Waals surface area contributed by atoms with Crippen LogP contribution >= 0.6 is 0 Å². The predicted molar refractivity (Wildman–Crippen MR) is 50.6 cm³/mol. The minimum atomic E-state index is 0.794. The summed E-state index contributed by atoms with van der Waals surface area (Å²) in [5.41, 5.74) is 8.67. The van der Waals surface area contributed by atoms with E-state index < -0.39 is 0 Å². The van der Waals surface area contributed by atoms with E-state index in [9.17, 15) is 0 Å². The third-order valence-electron chi connectivity index (χ3n) is 1.80. The van der Waals surface area contributed by atoms with E-state index in [4.69, 9.17) is 5.73 Å². The van der Waals surface area contributed by atoms with E-state index in [-0.39, 0.29) is 0 Å². The number of aromatic nitrogens is 1. The second-order valence-corrected chi connectivity index (χ2v) is 2.71. The topological polar surface area (TPSA) is 41.8 Å². The van der Waals surface area contributed by atoms with E-state index in [0.717, 1.165) is 16.9 Å². The van der Waals surface area contributed by atoms with Gasteiger partial charge in [-0.05, 0) is 29.8 Å². The Bertz CT molecular complexity index is 363. The van der Waals surface area contributed by atoms with E-state index in [1.54, 1.807) is 0 Å². The summed E-state index contributed by atoms with van der Waals surface area (Å²) in [6, 6.07) is 11.8. The van der Waals surface area contributed by atoms with Gasteiger partial charge < -0.3 is 10.7 Å². The maximum absolute atomic E-state index is 5.65. The molecule has 2 rings (SSSR count). The molecule has 0 atom stereocenters. The standard InChI is InChI=1S/C10H10N2/c11-9-4-1-3-8(7-9)10-5-2-6-12-10/h1-7,12H,11H2. The molecular formula is C10H10N2. The second-order valence-electron chi connectivity index (χ2n) is 2.71. The lowest BCUT2D eigenvalue weighted by atomic mass is 10.1. The molecule has 60 valence electrons. The quantitative estimate of drug-likeness (QED) is 0.614. The number of nitrogen functional groups attached to an aromatic ring is 1. The van der Waals surface area contributed by atoms with Crippen molar-refractivity contribution in [3.63, 3.8) is 0 Å². The molecule has 12 heavy (non-hydrogen) atoms. The fraction of sp³-hybridized carbons (Fsp3) is 0. The molecule has 0 aliphatic rings. The minimum absolute atomic E-state index is 0.794. The molecule has 0 bridgehead atoms. The van der Waals surface area contributed by atoms with Gasteiger partial charge in [0.2, 0.25) is 0 Å². The molecule has 1 aromatic carbocycles. The lowest BCUT2D eigenvalue weighted by Crippen LogP contribution is -1.84. The normalized spacial score (nSPS) is 10.0. The molecule has 0 saturated carbocycles. The van der Waals surface area contributed by atoms with Crippen LogP contribution in [0.2, 0.25) is 0 Å². The number of hydrogen-bond acceptors (Lipinski definition) is 1. The Kier molecular flexibility index (Phi) is 1.59. The van der Waals surface area contributed by atoms with Crippen molar-refractivity contribution in [2.45, 2.75) is 0 Å². The van der Waals surface area contributed by atoms with E-state index in [2.05, 4.69) is 4.98 Å². The third-order valence-corrected chi connectivity index (χ3v) is 1.80. The van der Waals surface area contributed by atoms with Gasteiger partial charge in [0.1, 0.15) is 0 Å². The molecule has 0 fully saturated rings. The molecule has 1 aromatic heterocycles. The number of aromatic amines is 1. The van der Waals surface area contributed by atoms with Gasteiger partial charge in [-0.2, -0.15) is 0 Å². The van der Waals surface area contributed by atoms with Crippen molar-refractivity contribution in [2.75, 3.05) is 5.73 Å². The number of rotatable bonds is 1. The largest absolute Gasteiger partial charge is 0.399 e. The van der Waals surface area contributed by atoms with Gasteiger partial charge in [-0.3, -0.25) is 0 Å². The number of nitrogens with two attached hydrogens (primary N) is 1. The fourth-order valence-electron chi connectivity index (χ4n) is 1.22. The van der Waals surface area contributed by atoms with Crippen molar-refractivity contribution in [3.8, 4) is 11.3 Å². The van der Waals surface area contributed by atoms with E-state index in [0.29, 0.717) is 0 Å². The van der Waals surface area contributed by atoms with Crippen LogP contribution in [0.15, 0.2) is 42.6 Å². The Hall–Kier alpha value is -1.70. The van der Waals surface area contributed by atoms with Crippen LogP contribution in [0.3, 0.4) is 0 Å². The highest BCUT2D eigenvalue weighted by atomic mass is 14.7. The zero-order chi connectivity index (χ0) is 8.39. The molecule has 0 unspecified atom stereocenters. The maximum atomic E-state index is 5.65. The molecule has 2 nitrogen and oxygen atoms in total. The Labute approximate surface area is 71.0 Å². The SMILES string of the molecule is Nc1cccc(-c2ccc[nH]2)c1. The van der Waals surface area contributed by atoms with Crippen molar-refractivity contribution in [3.05, 3.63) is 42.6 Å². The number of H-pyrrole nitrogens is 1. The van der Waals surface area contributed by atoms with Gasteiger partial charge >= 0.3 is 0 Å². The van der Waals surface area contributed by atoms with E-state index >= 15 is 0 Å². The molecule has 0 saturated heterocycles. The van der Waals surface area contributed by atoms with Gasteiger partial charge in [-0.15, -0.1) is 0 Å². The summed E-state index contributed by atoms with van der Waals surface area (Å²) < 4.78 is 0. The van der Waals surface area contributed by atoms with Gasteiger partial charge in [0.25, 0.3) is 0 Å². The number of benzene rings is 1. The molecule has 2 heteroatoms. The summed E-state index contributed by atoms with van der Waals surface area (Å²) in [7, 11) is 0. The van der Waals surface area contributed by atoms with Crippen molar-refractivity contribution < 1.29 is 0 Å². The Morgan fingerprint density at radius 3 is 2.67 bits per heavy atom. The Balaban J connectivity index is 2.48. The zero-order valence-electron chi connectivity index (χ0n) is 6.62. The van der Waals surface area contributed by atoms with Crippen LogP contribution in [0.1, 0.15) is 0 Å². The smallest absolute Gasteiger partial charge is 0.0454 e. The Morgan fingerprint density at radius 1 is 1.08 bits per heavy atom. The summed E-state index contributed by atoms with van der Waals surface area (Å²) in [5.74, 6) is 0. The lowest BCUT2D eigenvalue weighted by molar-refractivity contribution is 1.40. The van der Waals surface area contributed by atoms with Crippen LogP contribution in [0.25, 0.3) is 11.3 Å². The van der Waals surface area contributed by atoms with Crippen LogP contribution in [0.5, 0.6) is 0 Å². The average molecular weight is 158 g/mol. The van der Waals surface area contributed by atoms with Crippen LogP contribution in [0, 0.1) is 0 Å².